The van der Waals surface area contributed by atoms with Gasteiger partial charge in [0.1, 0.15) is 11.5 Å². The topological polar surface area (TPSA) is 76.7 Å². The Balaban J connectivity index is 1.73. The average molecular weight is 350 g/mol. The number of methoxy groups -OCH3 is 1. The molecule has 0 aliphatic heterocycles. The van der Waals surface area contributed by atoms with Gasteiger partial charge in [0.25, 0.3) is 5.91 Å². The SMILES string of the molecule is COc1ccc(OCC(=O)NCC(=O)Nc2ccc(F)c(F)c2)cc1. The molecule has 2 aromatic rings. The molecule has 0 aliphatic rings. The number of carbonyl (C=O) groups is 2. The first kappa shape index (κ1) is 18.2. The van der Waals surface area contributed by atoms with Crippen LogP contribution in [0.3, 0.4) is 0 Å². The van der Waals surface area contributed by atoms with E-state index in [0.717, 1.165) is 12.1 Å². The van der Waals surface area contributed by atoms with Crippen molar-refractivity contribution in [1.82, 2.24) is 5.32 Å². The molecule has 0 heterocycles. The van der Waals surface area contributed by atoms with Gasteiger partial charge in [-0.1, -0.05) is 0 Å². The van der Waals surface area contributed by atoms with E-state index in [9.17, 15) is 18.4 Å². The number of hydrogen-bond donors (Lipinski definition) is 2. The van der Waals surface area contributed by atoms with E-state index in [1.807, 2.05) is 0 Å². The van der Waals surface area contributed by atoms with Crippen LogP contribution in [-0.4, -0.2) is 32.1 Å². The molecule has 2 rings (SSSR count). The molecule has 0 spiro atoms. The van der Waals surface area contributed by atoms with E-state index < -0.39 is 23.4 Å². The number of halogens is 2. The van der Waals surface area contributed by atoms with Gasteiger partial charge in [0.05, 0.1) is 13.7 Å². The third-order valence-electron chi connectivity index (χ3n) is 3.08. The van der Waals surface area contributed by atoms with Crippen molar-refractivity contribution in [3.05, 3.63) is 54.1 Å². The third-order valence-corrected chi connectivity index (χ3v) is 3.08. The fourth-order valence-electron chi connectivity index (χ4n) is 1.83. The van der Waals surface area contributed by atoms with Gasteiger partial charge in [0.15, 0.2) is 18.2 Å². The minimum Gasteiger partial charge on any atom is -0.497 e. The zero-order chi connectivity index (χ0) is 18.2. The number of hydrogen-bond acceptors (Lipinski definition) is 4. The highest BCUT2D eigenvalue weighted by Gasteiger charge is 2.09. The first-order chi connectivity index (χ1) is 12.0. The van der Waals surface area contributed by atoms with Gasteiger partial charge < -0.3 is 20.1 Å². The lowest BCUT2D eigenvalue weighted by Crippen LogP contribution is -2.35. The van der Waals surface area contributed by atoms with Crippen molar-refractivity contribution in [3.63, 3.8) is 0 Å². The fraction of sp³-hybridized carbons (Fsp3) is 0.176. The fourth-order valence-corrected chi connectivity index (χ4v) is 1.83. The van der Waals surface area contributed by atoms with E-state index >= 15 is 0 Å². The number of benzene rings is 2. The second kappa shape index (κ2) is 8.62. The molecule has 2 N–H and O–H groups in total. The van der Waals surface area contributed by atoms with Gasteiger partial charge in [0.2, 0.25) is 5.91 Å². The Hall–Kier alpha value is -3.16. The summed E-state index contributed by atoms with van der Waals surface area (Å²) in [5.41, 5.74) is 0.0904. The summed E-state index contributed by atoms with van der Waals surface area (Å²) in [5.74, 6) is -2.04. The van der Waals surface area contributed by atoms with Gasteiger partial charge in [-0.3, -0.25) is 9.59 Å². The molecule has 2 amide bonds. The molecule has 0 saturated heterocycles. The summed E-state index contributed by atoms with van der Waals surface area (Å²) in [6.45, 7) is -0.603. The third kappa shape index (κ3) is 5.76. The van der Waals surface area contributed by atoms with Gasteiger partial charge >= 0.3 is 0 Å². The molecule has 0 fully saturated rings. The number of amides is 2. The zero-order valence-electron chi connectivity index (χ0n) is 13.3. The summed E-state index contributed by atoms with van der Waals surface area (Å²) >= 11 is 0. The Morgan fingerprint density at radius 2 is 1.64 bits per heavy atom. The lowest BCUT2D eigenvalue weighted by atomic mass is 10.3. The highest BCUT2D eigenvalue weighted by atomic mass is 19.2. The molecular weight excluding hydrogens is 334 g/mol. The maximum atomic E-state index is 13.0. The van der Waals surface area contributed by atoms with Crippen LogP contribution in [0.1, 0.15) is 0 Å². The highest BCUT2D eigenvalue weighted by molar-refractivity contribution is 5.94. The lowest BCUT2D eigenvalue weighted by Gasteiger charge is -2.09. The molecule has 25 heavy (non-hydrogen) atoms. The van der Waals surface area contributed by atoms with Crippen LogP contribution >= 0.6 is 0 Å². The molecule has 0 radical (unpaired) electrons. The maximum absolute atomic E-state index is 13.0. The van der Waals surface area contributed by atoms with Crippen LogP contribution in [0.25, 0.3) is 0 Å². The smallest absolute Gasteiger partial charge is 0.258 e. The summed E-state index contributed by atoms with van der Waals surface area (Å²) in [6.07, 6.45) is 0. The molecule has 8 heteroatoms. The number of rotatable bonds is 7. The van der Waals surface area contributed by atoms with Crippen molar-refractivity contribution < 1.29 is 27.8 Å². The Labute approximate surface area is 142 Å². The van der Waals surface area contributed by atoms with Crippen molar-refractivity contribution in [2.24, 2.45) is 0 Å². The van der Waals surface area contributed by atoms with Crippen LogP contribution in [0.2, 0.25) is 0 Å². The van der Waals surface area contributed by atoms with Gasteiger partial charge in [0, 0.05) is 11.8 Å². The molecule has 0 atom stereocenters. The quantitative estimate of drug-likeness (QED) is 0.802. The molecule has 0 aromatic heterocycles. The maximum Gasteiger partial charge on any atom is 0.258 e. The number of nitrogens with one attached hydrogen (secondary N) is 2. The molecule has 2 aromatic carbocycles. The van der Waals surface area contributed by atoms with E-state index in [-0.39, 0.29) is 18.8 Å². The van der Waals surface area contributed by atoms with Gasteiger partial charge in [-0.25, -0.2) is 8.78 Å². The van der Waals surface area contributed by atoms with Crippen molar-refractivity contribution in [2.45, 2.75) is 0 Å². The largest absolute Gasteiger partial charge is 0.497 e. The van der Waals surface area contributed by atoms with Crippen LogP contribution in [0.5, 0.6) is 11.5 Å². The Bertz CT molecular complexity index is 751. The predicted molar refractivity (Wildman–Crippen MR) is 86.5 cm³/mol. The Morgan fingerprint density at radius 1 is 0.960 bits per heavy atom. The zero-order valence-corrected chi connectivity index (χ0v) is 13.3. The summed E-state index contributed by atoms with van der Waals surface area (Å²) in [5, 5.41) is 4.69. The average Bonchev–Trinajstić information content (AvgIpc) is 2.61. The first-order valence-corrected chi connectivity index (χ1v) is 7.26. The summed E-state index contributed by atoms with van der Waals surface area (Å²) < 4.78 is 36.1. The van der Waals surface area contributed by atoms with Crippen molar-refractivity contribution in [1.29, 1.82) is 0 Å². The van der Waals surface area contributed by atoms with E-state index in [1.165, 1.54) is 13.2 Å². The molecular formula is C17H16F2N2O4. The van der Waals surface area contributed by atoms with Crippen LogP contribution in [0.15, 0.2) is 42.5 Å². The molecule has 0 saturated carbocycles. The Morgan fingerprint density at radius 3 is 2.28 bits per heavy atom. The lowest BCUT2D eigenvalue weighted by molar-refractivity contribution is -0.125. The second-order valence-corrected chi connectivity index (χ2v) is 4.92. The van der Waals surface area contributed by atoms with E-state index in [0.29, 0.717) is 11.5 Å². The summed E-state index contributed by atoms with van der Waals surface area (Å²) in [7, 11) is 1.54. The minimum absolute atomic E-state index is 0.0904. The number of carbonyl (C=O) groups excluding carboxylic acids is 2. The summed E-state index contributed by atoms with van der Waals surface area (Å²) in [4.78, 5) is 23.3. The van der Waals surface area contributed by atoms with Crippen LogP contribution in [0, 0.1) is 11.6 Å². The minimum atomic E-state index is -1.07. The molecule has 0 aliphatic carbocycles. The molecule has 0 unspecified atom stereocenters. The Kier molecular flexibility index (Phi) is 6.27. The van der Waals surface area contributed by atoms with Crippen molar-refractivity contribution in [2.75, 3.05) is 25.6 Å². The predicted octanol–water partition coefficient (Wildman–Crippen LogP) is 2.11. The molecule has 6 nitrogen and oxygen atoms in total. The number of ether oxygens (including phenoxy) is 2. The van der Waals surface area contributed by atoms with Gasteiger partial charge in [-0.15, -0.1) is 0 Å². The first-order valence-electron chi connectivity index (χ1n) is 7.26. The van der Waals surface area contributed by atoms with Crippen molar-refractivity contribution >= 4 is 17.5 Å². The van der Waals surface area contributed by atoms with Crippen LogP contribution in [-0.2, 0) is 9.59 Å². The normalized spacial score (nSPS) is 10.0. The van der Waals surface area contributed by atoms with E-state index in [1.54, 1.807) is 24.3 Å². The number of anilines is 1. The van der Waals surface area contributed by atoms with Gasteiger partial charge in [-0.2, -0.15) is 0 Å². The molecule has 0 bridgehead atoms. The molecule has 132 valence electrons. The van der Waals surface area contributed by atoms with Gasteiger partial charge in [-0.05, 0) is 36.4 Å². The van der Waals surface area contributed by atoms with E-state index in [2.05, 4.69) is 10.6 Å². The monoisotopic (exact) mass is 350 g/mol. The second-order valence-electron chi connectivity index (χ2n) is 4.92. The van der Waals surface area contributed by atoms with Crippen molar-refractivity contribution in [3.8, 4) is 11.5 Å². The van der Waals surface area contributed by atoms with E-state index in [4.69, 9.17) is 9.47 Å². The van der Waals surface area contributed by atoms with Crippen LogP contribution in [0.4, 0.5) is 14.5 Å². The standard InChI is InChI=1S/C17H16F2N2O4/c1-24-12-3-5-13(6-4-12)25-10-17(23)20-9-16(22)21-11-2-7-14(18)15(19)8-11/h2-8H,9-10H2,1H3,(H,20,23)(H,21,22). The van der Waals surface area contributed by atoms with Crippen LogP contribution < -0.4 is 20.1 Å². The highest BCUT2D eigenvalue weighted by Crippen LogP contribution is 2.16. The summed E-state index contributed by atoms with van der Waals surface area (Å²) in [6, 6.07) is 9.60.